The maximum Gasteiger partial charge on any atom is 0.243 e. The predicted molar refractivity (Wildman–Crippen MR) is 85.7 cm³/mol. The van der Waals surface area contributed by atoms with E-state index in [1.807, 2.05) is 13.8 Å². The molecule has 1 amide bonds. The molecule has 0 unspecified atom stereocenters. The molecule has 116 valence electrons. The molecule has 22 heavy (non-hydrogen) atoms. The lowest BCUT2D eigenvalue weighted by Crippen LogP contribution is -2.22. The molecule has 5 heteroatoms. The Morgan fingerprint density at radius 2 is 1.82 bits per heavy atom. The standard InChI is InChI=1S/C17H19FN2O2/c1-12(2)22-14-9-7-13(8-10-14)20-17(21)11-19-16-6-4-3-5-15(16)18/h3-10,12,19H,11H2,1-2H3,(H,20,21). The van der Waals surface area contributed by atoms with Gasteiger partial charge in [-0.3, -0.25) is 4.79 Å². The number of halogens is 1. The van der Waals surface area contributed by atoms with Crippen LogP contribution >= 0.6 is 0 Å². The first-order chi connectivity index (χ1) is 10.5. The first kappa shape index (κ1) is 15.8. The number of hydrogen-bond acceptors (Lipinski definition) is 3. The third kappa shape index (κ3) is 4.77. The normalized spacial score (nSPS) is 10.4. The van der Waals surface area contributed by atoms with Crippen molar-refractivity contribution in [2.75, 3.05) is 17.2 Å². The first-order valence-electron chi connectivity index (χ1n) is 7.09. The van der Waals surface area contributed by atoms with Crippen LogP contribution in [0.2, 0.25) is 0 Å². The van der Waals surface area contributed by atoms with Crippen LogP contribution in [-0.4, -0.2) is 18.6 Å². The summed E-state index contributed by atoms with van der Waals surface area (Å²) in [5, 5.41) is 5.49. The summed E-state index contributed by atoms with van der Waals surface area (Å²) in [6.45, 7) is 3.89. The highest BCUT2D eigenvalue weighted by Crippen LogP contribution is 2.17. The molecule has 0 aliphatic carbocycles. The third-order valence-corrected chi connectivity index (χ3v) is 2.82. The van der Waals surface area contributed by atoms with E-state index in [-0.39, 0.29) is 24.4 Å². The molecule has 0 saturated heterocycles. The van der Waals surface area contributed by atoms with E-state index < -0.39 is 0 Å². The molecule has 0 aromatic heterocycles. The van der Waals surface area contributed by atoms with E-state index in [0.29, 0.717) is 11.4 Å². The smallest absolute Gasteiger partial charge is 0.243 e. The fraction of sp³-hybridized carbons (Fsp3) is 0.235. The molecule has 2 rings (SSSR count). The Bertz CT molecular complexity index is 627. The van der Waals surface area contributed by atoms with Gasteiger partial charge in [-0.25, -0.2) is 4.39 Å². The van der Waals surface area contributed by atoms with Crippen LogP contribution in [0, 0.1) is 5.82 Å². The number of ether oxygens (including phenoxy) is 1. The fourth-order valence-corrected chi connectivity index (χ4v) is 1.87. The summed E-state index contributed by atoms with van der Waals surface area (Å²) in [5.74, 6) is 0.115. The van der Waals surface area contributed by atoms with Crippen molar-refractivity contribution in [2.45, 2.75) is 20.0 Å². The Balaban J connectivity index is 1.85. The average Bonchev–Trinajstić information content (AvgIpc) is 2.48. The minimum atomic E-state index is -0.384. The molecular weight excluding hydrogens is 283 g/mol. The van der Waals surface area contributed by atoms with Crippen molar-refractivity contribution in [1.82, 2.24) is 0 Å². The van der Waals surface area contributed by atoms with Crippen molar-refractivity contribution in [2.24, 2.45) is 0 Å². The zero-order valence-electron chi connectivity index (χ0n) is 12.6. The van der Waals surface area contributed by atoms with E-state index in [9.17, 15) is 9.18 Å². The molecule has 0 saturated carbocycles. The zero-order chi connectivity index (χ0) is 15.9. The van der Waals surface area contributed by atoms with Gasteiger partial charge in [0.2, 0.25) is 5.91 Å². The van der Waals surface area contributed by atoms with Gasteiger partial charge in [0.05, 0.1) is 18.3 Å². The Labute approximate surface area is 129 Å². The number of carbonyl (C=O) groups excluding carboxylic acids is 1. The van der Waals surface area contributed by atoms with Gasteiger partial charge in [-0.2, -0.15) is 0 Å². The summed E-state index contributed by atoms with van der Waals surface area (Å²) >= 11 is 0. The summed E-state index contributed by atoms with van der Waals surface area (Å²) < 4.78 is 18.9. The monoisotopic (exact) mass is 302 g/mol. The van der Waals surface area contributed by atoms with E-state index in [2.05, 4.69) is 10.6 Å². The largest absolute Gasteiger partial charge is 0.491 e. The molecule has 0 fully saturated rings. The van der Waals surface area contributed by atoms with Gasteiger partial charge in [-0.15, -0.1) is 0 Å². The number of nitrogens with one attached hydrogen (secondary N) is 2. The van der Waals surface area contributed by atoms with Crippen LogP contribution in [-0.2, 0) is 4.79 Å². The Kier molecular flexibility index (Phi) is 5.36. The maximum absolute atomic E-state index is 13.4. The van der Waals surface area contributed by atoms with Gasteiger partial charge in [0, 0.05) is 5.69 Å². The van der Waals surface area contributed by atoms with Gasteiger partial charge in [-0.05, 0) is 50.2 Å². The highest BCUT2D eigenvalue weighted by Gasteiger charge is 2.05. The Morgan fingerprint density at radius 1 is 1.14 bits per heavy atom. The Hall–Kier alpha value is -2.56. The molecule has 0 bridgehead atoms. The number of anilines is 2. The van der Waals surface area contributed by atoms with Crippen molar-refractivity contribution in [3.05, 3.63) is 54.3 Å². The molecule has 2 aromatic carbocycles. The van der Waals surface area contributed by atoms with Gasteiger partial charge in [0.15, 0.2) is 0 Å². The molecule has 0 heterocycles. The lowest BCUT2D eigenvalue weighted by atomic mass is 10.3. The SMILES string of the molecule is CC(C)Oc1ccc(NC(=O)CNc2ccccc2F)cc1. The van der Waals surface area contributed by atoms with Crippen LogP contribution in [0.15, 0.2) is 48.5 Å². The second-order valence-corrected chi connectivity index (χ2v) is 5.07. The van der Waals surface area contributed by atoms with Crippen LogP contribution in [0.5, 0.6) is 5.75 Å². The fourth-order valence-electron chi connectivity index (χ4n) is 1.87. The second-order valence-electron chi connectivity index (χ2n) is 5.07. The van der Waals surface area contributed by atoms with E-state index in [4.69, 9.17) is 4.74 Å². The molecule has 0 aliphatic heterocycles. The number of carbonyl (C=O) groups is 1. The quantitative estimate of drug-likeness (QED) is 0.856. The van der Waals surface area contributed by atoms with Gasteiger partial charge in [-0.1, -0.05) is 12.1 Å². The third-order valence-electron chi connectivity index (χ3n) is 2.82. The predicted octanol–water partition coefficient (Wildman–Crippen LogP) is 3.66. The summed E-state index contributed by atoms with van der Waals surface area (Å²) in [5.41, 5.74) is 0.967. The Morgan fingerprint density at radius 3 is 2.45 bits per heavy atom. The zero-order valence-corrected chi connectivity index (χ0v) is 12.6. The van der Waals surface area contributed by atoms with Crippen LogP contribution < -0.4 is 15.4 Å². The lowest BCUT2D eigenvalue weighted by molar-refractivity contribution is -0.114. The van der Waals surface area contributed by atoms with Crippen LogP contribution in [0.25, 0.3) is 0 Å². The molecule has 0 aliphatic rings. The molecule has 4 nitrogen and oxygen atoms in total. The van der Waals surface area contributed by atoms with Gasteiger partial charge >= 0.3 is 0 Å². The topological polar surface area (TPSA) is 50.4 Å². The van der Waals surface area contributed by atoms with E-state index in [1.54, 1.807) is 42.5 Å². The molecule has 0 radical (unpaired) electrons. The molecule has 0 atom stereocenters. The summed E-state index contributed by atoms with van der Waals surface area (Å²) in [6.07, 6.45) is 0.102. The van der Waals surface area contributed by atoms with E-state index in [1.165, 1.54) is 6.07 Å². The van der Waals surface area contributed by atoms with Gasteiger partial charge in [0.25, 0.3) is 0 Å². The van der Waals surface area contributed by atoms with Gasteiger partial charge < -0.3 is 15.4 Å². The highest BCUT2D eigenvalue weighted by atomic mass is 19.1. The van der Waals surface area contributed by atoms with Crippen LogP contribution in [0.1, 0.15) is 13.8 Å². The summed E-state index contributed by atoms with van der Waals surface area (Å²) in [6, 6.07) is 13.3. The minimum absolute atomic E-state index is 0.00875. The number of para-hydroxylation sites is 1. The molecule has 2 N–H and O–H groups in total. The number of hydrogen-bond donors (Lipinski definition) is 2. The van der Waals surface area contributed by atoms with Crippen molar-refractivity contribution in [1.29, 1.82) is 0 Å². The minimum Gasteiger partial charge on any atom is -0.491 e. The van der Waals surface area contributed by atoms with E-state index >= 15 is 0 Å². The summed E-state index contributed by atoms with van der Waals surface area (Å²) in [4.78, 5) is 11.8. The van der Waals surface area contributed by atoms with Gasteiger partial charge in [0.1, 0.15) is 11.6 Å². The number of amides is 1. The maximum atomic E-state index is 13.4. The van der Waals surface area contributed by atoms with Crippen molar-refractivity contribution in [3.63, 3.8) is 0 Å². The number of benzene rings is 2. The van der Waals surface area contributed by atoms with Crippen molar-refractivity contribution < 1.29 is 13.9 Å². The molecule has 2 aromatic rings. The van der Waals surface area contributed by atoms with Crippen molar-refractivity contribution in [3.8, 4) is 5.75 Å². The van der Waals surface area contributed by atoms with Crippen LogP contribution in [0.4, 0.5) is 15.8 Å². The highest BCUT2D eigenvalue weighted by molar-refractivity contribution is 5.93. The van der Waals surface area contributed by atoms with Crippen LogP contribution in [0.3, 0.4) is 0 Å². The molecule has 0 spiro atoms. The second kappa shape index (κ2) is 7.45. The molecular formula is C17H19FN2O2. The van der Waals surface area contributed by atoms with E-state index in [0.717, 1.165) is 5.75 Å². The average molecular weight is 302 g/mol. The first-order valence-corrected chi connectivity index (χ1v) is 7.09. The number of rotatable bonds is 6. The van der Waals surface area contributed by atoms with Crippen molar-refractivity contribution >= 4 is 17.3 Å². The summed E-state index contributed by atoms with van der Waals surface area (Å²) in [7, 11) is 0. The lowest BCUT2D eigenvalue weighted by Gasteiger charge is -2.11.